The van der Waals surface area contributed by atoms with Gasteiger partial charge >= 0.3 is 0 Å². The molecule has 3 heteroatoms. The lowest BCUT2D eigenvalue weighted by Gasteiger charge is -2.15. The van der Waals surface area contributed by atoms with Crippen molar-refractivity contribution in [3.63, 3.8) is 0 Å². The molecule has 1 unspecified atom stereocenters. The lowest BCUT2D eigenvalue weighted by molar-refractivity contribution is -0.148. The second-order valence-electron chi connectivity index (χ2n) is 2.76. The summed E-state index contributed by atoms with van der Waals surface area (Å²) in [4.78, 5) is 32.5. The minimum atomic E-state index is -0.789. The van der Waals surface area contributed by atoms with Gasteiger partial charge in [0.2, 0.25) is 11.6 Å². The summed E-state index contributed by atoms with van der Waals surface area (Å²) in [5.74, 6) is -1.98. The van der Waals surface area contributed by atoms with Crippen molar-refractivity contribution in [1.82, 2.24) is 0 Å². The molecule has 0 spiro atoms. The van der Waals surface area contributed by atoms with Gasteiger partial charge in [-0.1, -0.05) is 6.92 Å². The zero-order valence-corrected chi connectivity index (χ0v) is 6.42. The second kappa shape index (κ2) is 2.95. The first-order valence-electron chi connectivity index (χ1n) is 3.78. The van der Waals surface area contributed by atoms with Gasteiger partial charge in [-0.3, -0.25) is 14.4 Å². The number of carbonyl (C=O) groups excluding carboxylic acids is 3. The molecule has 0 heterocycles. The van der Waals surface area contributed by atoms with Crippen LogP contribution in [0.25, 0.3) is 0 Å². The van der Waals surface area contributed by atoms with Crippen molar-refractivity contribution in [1.29, 1.82) is 0 Å². The van der Waals surface area contributed by atoms with Gasteiger partial charge in [0.15, 0.2) is 0 Å². The molecule has 11 heavy (non-hydrogen) atoms. The predicted molar refractivity (Wildman–Crippen MR) is 38.0 cm³/mol. The molecule has 0 aromatic heterocycles. The Labute approximate surface area is 64.8 Å². The Bertz CT molecular complexity index is 217. The zero-order chi connectivity index (χ0) is 8.43. The van der Waals surface area contributed by atoms with Gasteiger partial charge in [0.25, 0.3) is 5.78 Å². The molecule has 1 aliphatic carbocycles. The van der Waals surface area contributed by atoms with Crippen LogP contribution in [0.15, 0.2) is 0 Å². The molecule has 0 aromatic rings. The van der Waals surface area contributed by atoms with E-state index in [4.69, 9.17) is 0 Å². The first-order chi connectivity index (χ1) is 5.16. The van der Waals surface area contributed by atoms with E-state index in [0.29, 0.717) is 12.8 Å². The predicted octanol–water partition coefficient (Wildman–Crippen LogP) is 0.514. The molecular weight excluding hydrogens is 144 g/mol. The summed E-state index contributed by atoms with van der Waals surface area (Å²) in [6, 6.07) is 0. The van der Waals surface area contributed by atoms with Crippen LogP contribution in [-0.4, -0.2) is 17.3 Å². The summed E-state index contributed by atoms with van der Waals surface area (Å²) >= 11 is 0. The quantitative estimate of drug-likeness (QED) is 0.517. The average molecular weight is 154 g/mol. The first-order valence-corrected chi connectivity index (χ1v) is 3.78. The normalized spacial score (nSPS) is 25.9. The van der Waals surface area contributed by atoms with Crippen LogP contribution >= 0.6 is 0 Å². The molecule has 60 valence electrons. The molecule has 0 radical (unpaired) electrons. The summed E-state index contributed by atoms with van der Waals surface area (Å²) in [5, 5.41) is 0. The van der Waals surface area contributed by atoms with Crippen LogP contribution in [0, 0.1) is 5.92 Å². The van der Waals surface area contributed by atoms with Gasteiger partial charge in [-0.05, 0) is 12.8 Å². The Hall–Kier alpha value is -0.990. The largest absolute Gasteiger partial charge is 0.290 e. The van der Waals surface area contributed by atoms with E-state index in [9.17, 15) is 14.4 Å². The number of carbonyl (C=O) groups is 3. The highest BCUT2D eigenvalue weighted by Crippen LogP contribution is 2.18. The summed E-state index contributed by atoms with van der Waals surface area (Å²) in [6.07, 6.45) is 1.47. The van der Waals surface area contributed by atoms with Gasteiger partial charge in [0.1, 0.15) is 0 Å². The van der Waals surface area contributed by atoms with Crippen LogP contribution in [0.3, 0.4) is 0 Å². The second-order valence-corrected chi connectivity index (χ2v) is 2.76. The third-order valence-electron chi connectivity index (χ3n) is 2.06. The molecule has 0 aliphatic heterocycles. The van der Waals surface area contributed by atoms with Crippen LogP contribution < -0.4 is 0 Å². The van der Waals surface area contributed by atoms with Gasteiger partial charge < -0.3 is 0 Å². The lowest BCUT2D eigenvalue weighted by atomic mass is 9.85. The van der Waals surface area contributed by atoms with Crippen LogP contribution in [-0.2, 0) is 14.4 Å². The van der Waals surface area contributed by atoms with E-state index in [0.717, 1.165) is 0 Å². The monoisotopic (exact) mass is 154 g/mol. The number of Topliss-reactive ketones (excluding diaryl/α,β-unsaturated/α-hetero) is 3. The third-order valence-corrected chi connectivity index (χ3v) is 2.06. The fourth-order valence-corrected chi connectivity index (χ4v) is 1.26. The maximum Gasteiger partial charge on any atom is 0.264 e. The molecular formula is C8H10O3. The van der Waals surface area contributed by atoms with Crippen molar-refractivity contribution in [3.05, 3.63) is 0 Å². The Morgan fingerprint density at radius 2 is 2.00 bits per heavy atom. The van der Waals surface area contributed by atoms with E-state index < -0.39 is 17.3 Å². The average Bonchev–Trinajstić information content (AvgIpc) is 2.01. The van der Waals surface area contributed by atoms with E-state index in [2.05, 4.69) is 0 Å². The molecule has 0 saturated heterocycles. The fraction of sp³-hybridized carbons (Fsp3) is 0.625. The van der Waals surface area contributed by atoms with E-state index in [1.807, 2.05) is 6.92 Å². The lowest BCUT2D eigenvalue weighted by Crippen LogP contribution is -2.35. The highest BCUT2D eigenvalue weighted by molar-refractivity contribution is 6.65. The summed E-state index contributed by atoms with van der Waals surface area (Å²) in [6.45, 7) is 1.85. The molecule has 0 N–H and O–H groups in total. The van der Waals surface area contributed by atoms with Crippen molar-refractivity contribution in [2.45, 2.75) is 26.2 Å². The maximum absolute atomic E-state index is 11.0. The van der Waals surface area contributed by atoms with Gasteiger partial charge in [-0.25, -0.2) is 0 Å². The number of rotatable bonds is 1. The molecule has 0 amide bonds. The van der Waals surface area contributed by atoms with E-state index >= 15 is 0 Å². The standard InChI is InChI=1S/C8H10O3/c1-2-5-3-4-6(9)8(11)7(5)10/h5H,2-4H2,1H3. The van der Waals surface area contributed by atoms with Gasteiger partial charge in [-0.2, -0.15) is 0 Å². The molecule has 0 bridgehead atoms. The van der Waals surface area contributed by atoms with Crippen LogP contribution in [0.5, 0.6) is 0 Å². The summed E-state index contributed by atoms with van der Waals surface area (Å²) < 4.78 is 0. The van der Waals surface area contributed by atoms with Crippen LogP contribution in [0.1, 0.15) is 26.2 Å². The minimum Gasteiger partial charge on any atom is -0.290 e. The molecule has 0 aromatic carbocycles. The maximum atomic E-state index is 11.0. The highest BCUT2D eigenvalue weighted by Gasteiger charge is 2.33. The van der Waals surface area contributed by atoms with Gasteiger partial charge in [0.05, 0.1) is 0 Å². The van der Waals surface area contributed by atoms with E-state index in [1.54, 1.807) is 0 Å². The molecule has 3 nitrogen and oxygen atoms in total. The summed E-state index contributed by atoms with van der Waals surface area (Å²) in [5.41, 5.74) is 0. The van der Waals surface area contributed by atoms with Crippen LogP contribution in [0.4, 0.5) is 0 Å². The molecule has 1 aliphatic rings. The smallest absolute Gasteiger partial charge is 0.264 e. The Morgan fingerprint density at radius 3 is 2.55 bits per heavy atom. The van der Waals surface area contributed by atoms with Crippen molar-refractivity contribution in [3.8, 4) is 0 Å². The Morgan fingerprint density at radius 1 is 1.36 bits per heavy atom. The molecule has 1 rings (SSSR count). The summed E-state index contributed by atoms with van der Waals surface area (Å²) in [7, 11) is 0. The van der Waals surface area contributed by atoms with Crippen molar-refractivity contribution in [2.75, 3.05) is 0 Å². The third kappa shape index (κ3) is 1.37. The first kappa shape index (κ1) is 8.11. The van der Waals surface area contributed by atoms with E-state index in [1.165, 1.54) is 0 Å². The zero-order valence-electron chi connectivity index (χ0n) is 6.42. The Kier molecular flexibility index (Phi) is 2.17. The molecule has 1 fully saturated rings. The topological polar surface area (TPSA) is 51.2 Å². The fourth-order valence-electron chi connectivity index (χ4n) is 1.26. The van der Waals surface area contributed by atoms with Crippen molar-refractivity contribution in [2.24, 2.45) is 5.92 Å². The number of hydrogen-bond donors (Lipinski definition) is 0. The van der Waals surface area contributed by atoms with Gasteiger partial charge in [-0.15, -0.1) is 0 Å². The molecule has 1 saturated carbocycles. The number of ketones is 3. The van der Waals surface area contributed by atoms with Crippen molar-refractivity contribution < 1.29 is 14.4 Å². The SMILES string of the molecule is CCC1CCC(=O)C(=O)C1=O. The van der Waals surface area contributed by atoms with E-state index in [-0.39, 0.29) is 12.3 Å². The van der Waals surface area contributed by atoms with Crippen LogP contribution in [0.2, 0.25) is 0 Å². The Balaban J connectivity index is 2.75. The van der Waals surface area contributed by atoms with Crippen molar-refractivity contribution >= 4 is 17.3 Å². The van der Waals surface area contributed by atoms with Gasteiger partial charge in [0, 0.05) is 12.3 Å². The number of hydrogen-bond acceptors (Lipinski definition) is 3. The minimum absolute atomic E-state index is 0.194. The highest BCUT2D eigenvalue weighted by atomic mass is 16.2. The molecule has 1 atom stereocenters.